The number of carboxylic acid groups (broad SMARTS) is 1. The summed E-state index contributed by atoms with van der Waals surface area (Å²) in [5, 5.41) is 16.4. The standard InChI is InChI=1S/C45H55Cl2N9O5/c1-52(2)36(57)13-5-6-21-55-22-14-34-32(25-55)48-39(53(34)3)41(58)50-30-11-7-9-28(37(30)46)29-10-8-12-31(38(29)47)51-42(59)40-49-33-26-56(23-15-35(33)54(40)4)24-20-44-16-18-45(27-44,19-17-44)43(60)61/h7-12H,5-6,13-27H2,1-4H3,(H,50,58)(H,51,59)(H,60,61). The molecule has 4 aliphatic rings. The second-order valence-corrected chi connectivity index (χ2v) is 18.6. The molecular weight excluding hydrogens is 817 g/mol. The molecule has 61 heavy (non-hydrogen) atoms. The summed E-state index contributed by atoms with van der Waals surface area (Å²) in [6.07, 6.45) is 9.14. The molecule has 0 radical (unpaired) electrons. The van der Waals surface area contributed by atoms with Crippen molar-refractivity contribution in [3.05, 3.63) is 80.9 Å². The van der Waals surface area contributed by atoms with Gasteiger partial charge in [0, 0.05) is 96.1 Å². The lowest BCUT2D eigenvalue weighted by Crippen LogP contribution is -2.34. The number of anilines is 2. The third-order valence-electron chi connectivity index (χ3n) is 13.9. The largest absolute Gasteiger partial charge is 0.481 e. The van der Waals surface area contributed by atoms with Crippen molar-refractivity contribution in [3.63, 3.8) is 0 Å². The maximum atomic E-state index is 13.8. The number of hydrogen-bond donors (Lipinski definition) is 3. The molecular formula is C45H55Cl2N9O5. The molecule has 16 heteroatoms. The Kier molecular flexibility index (Phi) is 12.1. The Morgan fingerprint density at radius 3 is 1.74 bits per heavy atom. The zero-order valence-corrected chi connectivity index (χ0v) is 37.0. The van der Waals surface area contributed by atoms with Gasteiger partial charge in [0.05, 0.1) is 38.2 Å². The summed E-state index contributed by atoms with van der Waals surface area (Å²) in [6.45, 7) is 4.74. The van der Waals surface area contributed by atoms with Crippen LogP contribution in [0.25, 0.3) is 11.1 Å². The van der Waals surface area contributed by atoms with Crippen LogP contribution in [0.15, 0.2) is 36.4 Å². The summed E-state index contributed by atoms with van der Waals surface area (Å²) >= 11 is 14.0. The molecule has 0 spiro atoms. The Balaban J connectivity index is 0.901. The third kappa shape index (κ3) is 8.44. The first-order valence-electron chi connectivity index (χ1n) is 21.3. The van der Waals surface area contributed by atoms with Crippen LogP contribution >= 0.6 is 23.2 Å². The van der Waals surface area contributed by atoms with Crippen molar-refractivity contribution in [1.82, 2.24) is 33.8 Å². The molecule has 4 aromatic rings. The van der Waals surface area contributed by atoms with E-state index in [1.807, 2.05) is 35.4 Å². The van der Waals surface area contributed by atoms with Crippen LogP contribution in [-0.4, -0.2) is 103 Å². The fourth-order valence-electron chi connectivity index (χ4n) is 10.2. The van der Waals surface area contributed by atoms with Gasteiger partial charge in [0.2, 0.25) is 5.91 Å². The molecule has 2 aliphatic carbocycles. The average molecular weight is 873 g/mol. The van der Waals surface area contributed by atoms with Crippen molar-refractivity contribution in [2.75, 3.05) is 50.9 Å². The van der Waals surface area contributed by atoms with Crippen molar-refractivity contribution in [2.24, 2.45) is 24.9 Å². The monoisotopic (exact) mass is 871 g/mol. The predicted octanol–water partition coefficient (Wildman–Crippen LogP) is 7.03. The molecule has 3 amide bonds. The highest BCUT2D eigenvalue weighted by Gasteiger charge is 2.57. The summed E-state index contributed by atoms with van der Waals surface area (Å²) < 4.78 is 3.72. The van der Waals surface area contributed by atoms with Crippen LogP contribution in [0.2, 0.25) is 10.0 Å². The Labute approximate surface area is 366 Å². The van der Waals surface area contributed by atoms with Gasteiger partial charge in [0.25, 0.3) is 11.8 Å². The molecule has 0 saturated heterocycles. The van der Waals surface area contributed by atoms with Gasteiger partial charge in [0.1, 0.15) is 0 Å². The van der Waals surface area contributed by atoms with E-state index in [0.717, 1.165) is 113 Å². The molecule has 2 aliphatic heterocycles. The highest BCUT2D eigenvalue weighted by molar-refractivity contribution is 6.40. The Morgan fingerprint density at radius 1 is 0.754 bits per heavy atom. The maximum Gasteiger partial charge on any atom is 0.309 e. The second kappa shape index (κ2) is 17.2. The zero-order chi connectivity index (χ0) is 43.2. The first-order chi connectivity index (χ1) is 29.2. The van der Waals surface area contributed by atoms with Crippen LogP contribution in [0, 0.1) is 10.8 Å². The molecule has 2 fully saturated rings. The minimum Gasteiger partial charge on any atom is -0.481 e. The van der Waals surface area contributed by atoms with Gasteiger partial charge in [-0.1, -0.05) is 47.5 Å². The number of amides is 3. The number of benzene rings is 2. The number of imidazole rings is 2. The fourth-order valence-corrected chi connectivity index (χ4v) is 10.7. The van der Waals surface area contributed by atoms with E-state index < -0.39 is 11.4 Å². The molecule has 3 N–H and O–H groups in total. The van der Waals surface area contributed by atoms with Gasteiger partial charge < -0.3 is 29.8 Å². The van der Waals surface area contributed by atoms with Gasteiger partial charge in [-0.15, -0.1) is 0 Å². The minimum atomic E-state index is -0.631. The molecule has 2 aromatic heterocycles. The number of fused-ring (bicyclic) bond motifs is 4. The smallest absolute Gasteiger partial charge is 0.309 e. The molecule has 8 rings (SSSR count). The molecule has 0 atom stereocenters. The number of carbonyl (C=O) groups is 4. The number of rotatable bonds is 14. The van der Waals surface area contributed by atoms with E-state index in [4.69, 9.17) is 33.2 Å². The quantitative estimate of drug-likeness (QED) is 0.113. The van der Waals surface area contributed by atoms with E-state index in [1.165, 1.54) is 0 Å². The van der Waals surface area contributed by atoms with E-state index >= 15 is 0 Å². The summed E-state index contributed by atoms with van der Waals surface area (Å²) in [7, 11) is 7.27. The number of nitrogens with zero attached hydrogens (tertiary/aromatic N) is 7. The van der Waals surface area contributed by atoms with Crippen molar-refractivity contribution in [1.29, 1.82) is 0 Å². The molecule has 2 aromatic carbocycles. The number of carboxylic acids is 1. The van der Waals surface area contributed by atoms with Gasteiger partial charge in [-0.05, 0) is 82.0 Å². The normalized spacial score (nSPS) is 21.0. The van der Waals surface area contributed by atoms with E-state index in [2.05, 4.69) is 20.4 Å². The van der Waals surface area contributed by atoms with E-state index in [-0.39, 0.29) is 23.1 Å². The SMILES string of the molecule is CN(C)C(=O)CCCCN1CCc2c(nc(C(=O)Nc3cccc(-c4cccc(NC(=O)c5nc6c(n5C)CCN(CCC57CCC(C(=O)O)(CC5)C7)C6)c4Cl)c3Cl)n2C)C1. The van der Waals surface area contributed by atoms with E-state index in [1.54, 1.807) is 43.3 Å². The number of aliphatic carboxylic acids is 1. The third-order valence-corrected chi connectivity index (χ3v) is 14.7. The number of aromatic nitrogens is 4. The molecule has 2 saturated carbocycles. The lowest BCUT2D eigenvalue weighted by molar-refractivity contribution is -0.148. The number of carbonyl (C=O) groups excluding carboxylic acids is 3. The van der Waals surface area contributed by atoms with Gasteiger partial charge >= 0.3 is 5.97 Å². The number of hydrogen-bond acceptors (Lipinski definition) is 8. The fraction of sp³-hybridized carbons (Fsp3) is 0.511. The number of halogens is 2. The van der Waals surface area contributed by atoms with Crippen LogP contribution < -0.4 is 10.6 Å². The second-order valence-electron chi connectivity index (χ2n) is 17.8. The van der Waals surface area contributed by atoms with Gasteiger partial charge in [-0.25, -0.2) is 9.97 Å². The molecule has 4 heterocycles. The highest BCUT2D eigenvalue weighted by Crippen LogP contribution is 2.63. The van der Waals surface area contributed by atoms with Crippen molar-refractivity contribution in [3.8, 4) is 11.1 Å². The Morgan fingerprint density at radius 2 is 1.26 bits per heavy atom. The lowest BCUT2D eigenvalue weighted by Gasteiger charge is -2.32. The number of nitrogens with one attached hydrogen (secondary N) is 2. The van der Waals surface area contributed by atoms with Crippen LogP contribution in [0.1, 0.15) is 102 Å². The molecule has 14 nitrogen and oxygen atoms in total. The zero-order valence-electron chi connectivity index (χ0n) is 35.5. The van der Waals surface area contributed by atoms with Crippen LogP contribution in [-0.2, 0) is 49.6 Å². The van der Waals surface area contributed by atoms with E-state index in [0.29, 0.717) is 63.7 Å². The van der Waals surface area contributed by atoms with Crippen LogP contribution in [0.4, 0.5) is 11.4 Å². The van der Waals surface area contributed by atoms with Gasteiger partial charge in [-0.2, -0.15) is 0 Å². The van der Waals surface area contributed by atoms with Crippen LogP contribution in [0.5, 0.6) is 0 Å². The predicted molar refractivity (Wildman–Crippen MR) is 235 cm³/mol. The van der Waals surface area contributed by atoms with Gasteiger partial charge in [0.15, 0.2) is 11.6 Å². The summed E-state index contributed by atoms with van der Waals surface area (Å²) in [5.74, 6) is -0.669. The van der Waals surface area contributed by atoms with E-state index in [9.17, 15) is 24.3 Å². The highest BCUT2D eigenvalue weighted by atomic mass is 35.5. The lowest BCUT2D eigenvalue weighted by atomic mass is 9.80. The average Bonchev–Trinajstić information content (AvgIpc) is 4.00. The Hall–Kier alpha value is -4.76. The summed E-state index contributed by atoms with van der Waals surface area (Å²) in [5.41, 5.74) is 5.39. The number of unbranched alkanes of at least 4 members (excludes halogenated alkanes) is 1. The molecule has 324 valence electrons. The van der Waals surface area contributed by atoms with Crippen LogP contribution in [0.3, 0.4) is 0 Å². The topological polar surface area (TPSA) is 158 Å². The first kappa shape index (κ1) is 42.9. The summed E-state index contributed by atoms with van der Waals surface area (Å²) in [6, 6.07) is 10.7. The summed E-state index contributed by atoms with van der Waals surface area (Å²) in [4.78, 5) is 67.3. The maximum absolute atomic E-state index is 13.8. The molecule has 0 unspecified atom stereocenters. The van der Waals surface area contributed by atoms with Crippen molar-refractivity contribution in [2.45, 2.75) is 83.7 Å². The minimum absolute atomic E-state index is 0.127. The molecule has 2 bridgehead atoms. The Bertz CT molecular complexity index is 2380. The van der Waals surface area contributed by atoms with Crippen molar-refractivity contribution < 1.29 is 24.3 Å². The van der Waals surface area contributed by atoms with Gasteiger partial charge in [-0.3, -0.25) is 29.0 Å². The van der Waals surface area contributed by atoms with Crippen molar-refractivity contribution >= 4 is 58.3 Å². The first-order valence-corrected chi connectivity index (χ1v) is 22.1.